The van der Waals surface area contributed by atoms with Gasteiger partial charge in [0.25, 0.3) is 5.91 Å². The van der Waals surface area contributed by atoms with Crippen LogP contribution in [0, 0.1) is 0 Å². The molecular formula is C16H25N3O3. The van der Waals surface area contributed by atoms with E-state index in [-0.39, 0.29) is 5.91 Å². The summed E-state index contributed by atoms with van der Waals surface area (Å²) in [6.07, 6.45) is 0.717. The molecule has 6 nitrogen and oxygen atoms in total. The van der Waals surface area contributed by atoms with E-state index in [2.05, 4.69) is 5.32 Å². The van der Waals surface area contributed by atoms with Gasteiger partial charge in [0.1, 0.15) is 12.6 Å². The highest BCUT2D eigenvalue weighted by Crippen LogP contribution is 2.07. The van der Waals surface area contributed by atoms with Crippen molar-refractivity contribution in [2.75, 3.05) is 26.7 Å². The number of carbonyl (C=O) groups excluding carboxylic acids is 2. The van der Waals surface area contributed by atoms with Gasteiger partial charge in [-0.15, -0.1) is 0 Å². The summed E-state index contributed by atoms with van der Waals surface area (Å²) < 4.78 is 0. The van der Waals surface area contributed by atoms with Crippen LogP contribution in [0.25, 0.3) is 0 Å². The molecule has 1 fully saturated rings. The molecule has 6 heteroatoms. The summed E-state index contributed by atoms with van der Waals surface area (Å²) in [5.41, 5.74) is 0.987. The molecule has 0 bridgehead atoms. The highest BCUT2D eigenvalue weighted by molar-refractivity contribution is 5.83. The van der Waals surface area contributed by atoms with Crippen LogP contribution < -0.4 is 5.32 Å². The first kappa shape index (κ1) is 18.1. The van der Waals surface area contributed by atoms with Gasteiger partial charge >= 0.3 is 0 Å². The minimum absolute atomic E-state index is 0.222. The van der Waals surface area contributed by atoms with Gasteiger partial charge in [0.15, 0.2) is 0 Å². The highest BCUT2D eigenvalue weighted by atomic mass is 16.7. The first-order chi connectivity index (χ1) is 10.7. The summed E-state index contributed by atoms with van der Waals surface area (Å²) in [5.74, 6) is -0.222. The first-order valence-corrected chi connectivity index (χ1v) is 7.58. The number of hydrogen-bond acceptors (Lipinski definition) is 4. The summed E-state index contributed by atoms with van der Waals surface area (Å²) in [5, 5.41) is 4.31. The molecule has 1 atom stereocenters. The van der Waals surface area contributed by atoms with Gasteiger partial charge in [-0.05, 0) is 5.56 Å². The van der Waals surface area contributed by atoms with Crippen molar-refractivity contribution >= 4 is 12.3 Å². The van der Waals surface area contributed by atoms with Crippen molar-refractivity contribution < 1.29 is 14.4 Å². The average molecular weight is 307 g/mol. The van der Waals surface area contributed by atoms with E-state index in [0.717, 1.165) is 5.56 Å². The van der Waals surface area contributed by atoms with Gasteiger partial charge in [0, 0.05) is 26.7 Å². The molecule has 0 aliphatic carbocycles. The van der Waals surface area contributed by atoms with Crippen molar-refractivity contribution in [1.29, 1.82) is 0 Å². The lowest BCUT2D eigenvalue weighted by Gasteiger charge is -2.34. The van der Waals surface area contributed by atoms with Gasteiger partial charge in [-0.1, -0.05) is 44.2 Å². The molecule has 2 rings (SSSR count). The summed E-state index contributed by atoms with van der Waals surface area (Å²) >= 11 is 0. The molecule has 0 radical (unpaired) electrons. The maximum Gasteiger partial charge on any atom is 0.269 e. The third-order valence-corrected chi connectivity index (χ3v) is 3.28. The molecule has 122 valence electrons. The lowest BCUT2D eigenvalue weighted by atomic mass is 10.2. The minimum atomic E-state index is -0.498. The number of rotatable bonds is 5. The highest BCUT2D eigenvalue weighted by Gasteiger charge is 2.30. The van der Waals surface area contributed by atoms with Gasteiger partial charge < -0.3 is 10.2 Å². The monoisotopic (exact) mass is 307 g/mol. The predicted molar refractivity (Wildman–Crippen MR) is 84.8 cm³/mol. The third kappa shape index (κ3) is 5.13. The fraction of sp³-hybridized carbons (Fsp3) is 0.500. The number of benzene rings is 1. The van der Waals surface area contributed by atoms with E-state index in [4.69, 9.17) is 4.84 Å². The van der Waals surface area contributed by atoms with Gasteiger partial charge in [-0.2, -0.15) is 0 Å². The lowest BCUT2D eigenvalue weighted by molar-refractivity contribution is -0.188. The Kier molecular flexibility index (Phi) is 8.17. The van der Waals surface area contributed by atoms with Crippen molar-refractivity contribution in [2.45, 2.75) is 26.5 Å². The maximum atomic E-state index is 12.2. The summed E-state index contributed by atoms with van der Waals surface area (Å²) in [6, 6.07) is 9.12. The Labute approximate surface area is 132 Å². The molecule has 1 aromatic carbocycles. The topological polar surface area (TPSA) is 61.9 Å². The van der Waals surface area contributed by atoms with Crippen molar-refractivity contribution in [1.82, 2.24) is 15.3 Å². The van der Waals surface area contributed by atoms with E-state index in [1.54, 1.807) is 7.05 Å². The quantitative estimate of drug-likeness (QED) is 0.652. The number of hydrogen-bond donors (Lipinski definition) is 1. The van der Waals surface area contributed by atoms with Gasteiger partial charge in [0.2, 0.25) is 6.41 Å². The van der Waals surface area contributed by atoms with Crippen molar-refractivity contribution in [3.05, 3.63) is 35.9 Å². The molecule has 1 aliphatic heterocycles. The van der Waals surface area contributed by atoms with E-state index in [9.17, 15) is 9.59 Å². The number of nitrogens with zero attached hydrogens (tertiary/aromatic N) is 2. The van der Waals surface area contributed by atoms with Crippen LogP contribution in [0.3, 0.4) is 0 Å². The standard InChI is InChI=1S/C14H19N3O3.C2H6/c1-16(20-10-12-5-3-2-4-6-12)14(19)13-9-15-7-8-17(13)11-18;1-2/h2-6,11,13,15H,7-10H2,1H3;1-2H3. The van der Waals surface area contributed by atoms with Gasteiger partial charge in [0.05, 0.1) is 0 Å². The Balaban J connectivity index is 0.00000116. The minimum Gasteiger partial charge on any atom is -0.331 e. The Hall–Kier alpha value is -1.92. The Morgan fingerprint density at radius 2 is 2.09 bits per heavy atom. The molecule has 1 aliphatic rings. The zero-order valence-corrected chi connectivity index (χ0v) is 13.5. The summed E-state index contributed by atoms with van der Waals surface area (Å²) in [7, 11) is 1.57. The van der Waals surface area contributed by atoms with Crippen LogP contribution in [-0.2, 0) is 21.0 Å². The molecule has 1 saturated heterocycles. The molecule has 0 spiro atoms. The lowest BCUT2D eigenvalue weighted by Crippen LogP contribution is -2.57. The summed E-state index contributed by atoms with van der Waals surface area (Å²) in [6.45, 7) is 6.02. The van der Waals surface area contributed by atoms with Crippen molar-refractivity contribution in [3.63, 3.8) is 0 Å². The van der Waals surface area contributed by atoms with Crippen molar-refractivity contribution in [3.8, 4) is 0 Å². The zero-order chi connectivity index (χ0) is 16.4. The molecule has 2 amide bonds. The van der Waals surface area contributed by atoms with Crippen LogP contribution in [-0.4, -0.2) is 55.0 Å². The van der Waals surface area contributed by atoms with E-state index in [0.29, 0.717) is 32.7 Å². The van der Waals surface area contributed by atoms with Crippen LogP contribution >= 0.6 is 0 Å². The van der Waals surface area contributed by atoms with Crippen LogP contribution in [0.15, 0.2) is 30.3 Å². The van der Waals surface area contributed by atoms with E-state index in [1.807, 2.05) is 44.2 Å². The van der Waals surface area contributed by atoms with Crippen LogP contribution in [0.4, 0.5) is 0 Å². The molecule has 1 aromatic rings. The first-order valence-electron chi connectivity index (χ1n) is 7.58. The Morgan fingerprint density at radius 3 is 2.73 bits per heavy atom. The van der Waals surface area contributed by atoms with E-state index >= 15 is 0 Å². The van der Waals surface area contributed by atoms with Gasteiger partial charge in [-0.25, -0.2) is 5.06 Å². The van der Waals surface area contributed by atoms with Crippen LogP contribution in [0.2, 0.25) is 0 Å². The SMILES string of the molecule is CC.CN(OCc1ccccc1)C(=O)C1CNCCN1C=O. The summed E-state index contributed by atoms with van der Waals surface area (Å²) in [4.78, 5) is 30.2. The molecule has 0 saturated carbocycles. The van der Waals surface area contributed by atoms with E-state index < -0.39 is 6.04 Å². The number of amides is 2. The van der Waals surface area contributed by atoms with Crippen LogP contribution in [0.1, 0.15) is 19.4 Å². The van der Waals surface area contributed by atoms with E-state index in [1.165, 1.54) is 9.96 Å². The fourth-order valence-corrected chi connectivity index (χ4v) is 2.09. The second-order valence-corrected chi connectivity index (χ2v) is 4.66. The molecule has 1 unspecified atom stereocenters. The maximum absolute atomic E-state index is 12.2. The van der Waals surface area contributed by atoms with Gasteiger partial charge in [-0.3, -0.25) is 14.4 Å². The molecule has 0 aromatic heterocycles. The predicted octanol–water partition coefficient (Wildman–Crippen LogP) is 1.03. The smallest absolute Gasteiger partial charge is 0.269 e. The number of nitrogens with one attached hydrogen (secondary N) is 1. The average Bonchev–Trinajstić information content (AvgIpc) is 2.61. The third-order valence-electron chi connectivity index (χ3n) is 3.28. The van der Waals surface area contributed by atoms with Crippen molar-refractivity contribution in [2.24, 2.45) is 0 Å². The molecule has 1 heterocycles. The largest absolute Gasteiger partial charge is 0.331 e. The molecular weight excluding hydrogens is 282 g/mol. The number of carbonyl (C=O) groups is 2. The second-order valence-electron chi connectivity index (χ2n) is 4.66. The number of piperazine rings is 1. The Morgan fingerprint density at radius 1 is 1.41 bits per heavy atom. The fourth-order valence-electron chi connectivity index (χ4n) is 2.09. The zero-order valence-electron chi connectivity index (χ0n) is 13.5. The number of likely N-dealkylation sites (N-methyl/N-ethyl adjacent to an activating group) is 1. The van der Waals surface area contributed by atoms with Crippen LogP contribution in [0.5, 0.6) is 0 Å². The Bertz CT molecular complexity index is 453. The molecule has 22 heavy (non-hydrogen) atoms. The normalized spacial score (nSPS) is 17.2. The second kappa shape index (κ2) is 9.92. The number of hydroxylamine groups is 2. The molecule has 1 N–H and O–H groups in total.